The summed E-state index contributed by atoms with van der Waals surface area (Å²) in [7, 11) is 0. The van der Waals surface area contributed by atoms with Crippen LogP contribution in [-0.4, -0.2) is 20.7 Å². The number of fused-ring (bicyclic) bond motifs is 1. The third-order valence-electron chi connectivity index (χ3n) is 4.83. The lowest BCUT2D eigenvalue weighted by Crippen LogP contribution is -2.16. The van der Waals surface area contributed by atoms with Gasteiger partial charge in [-0.1, -0.05) is 31.5 Å². The quantitative estimate of drug-likeness (QED) is 0.682. The predicted octanol–water partition coefficient (Wildman–Crippen LogP) is 5.31. The normalized spacial score (nSPS) is 11.6. The van der Waals surface area contributed by atoms with E-state index in [0.29, 0.717) is 5.56 Å². The van der Waals surface area contributed by atoms with Crippen molar-refractivity contribution < 1.29 is 4.79 Å². The summed E-state index contributed by atoms with van der Waals surface area (Å²) in [6.45, 7) is 14.4. The number of aryl methyl sites for hydroxylation is 3. The average Bonchev–Trinajstić information content (AvgIpc) is 3.01. The predicted molar refractivity (Wildman–Crippen MR) is 111 cm³/mol. The Labute approximate surface area is 160 Å². The van der Waals surface area contributed by atoms with E-state index in [1.165, 1.54) is 5.56 Å². The zero-order chi connectivity index (χ0) is 19.9. The number of nitrogens with zero attached hydrogens (tertiary/aromatic N) is 3. The van der Waals surface area contributed by atoms with Gasteiger partial charge in [-0.2, -0.15) is 5.10 Å². The first-order valence-corrected chi connectivity index (χ1v) is 9.46. The summed E-state index contributed by atoms with van der Waals surface area (Å²) in [6.07, 6.45) is 1.75. The Balaban J connectivity index is 2.12. The van der Waals surface area contributed by atoms with Crippen molar-refractivity contribution >= 4 is 22.6 Å². The molecule has 3 rings (SSSR count). The Bertz CT molecular complexity index is 992. The van der Waals surface area contributed by atoms with Crippen LogP contribution in [0.1, 0.15) is 72.4 Å². The van der Waals surface area contributed by atoms with Gasteiger partial charge in [0.05, 0.1) is 17.1 Å². The van der Waals surface area contributed by atoms with Crippen molar-refractivity contribution in [1.82, 2.24) is 14.8 Å². The number of hydrogen-bond donors (Lipinski definition) is 1. The minimum Gasteiger partial charge on any atom is -0.321 e. The summed E-state index contributed by atoms with van der Waals surface area (Å²) in [4.78, 5) is 18.0. The van der Waals surface area contributed by atoms with E-state index in [9.17, 15) is 4.79 Å². The molecule has 27 heavy (non-hydrogen) atoms. The molecule has 0 saturated carbocycles. The minimum atomic E-state index is -0.123. The molecule has 0 fully saturated rings. The molecule has 0 aliphatic carbocycles. The molecule has 0 spiro atoms. The summed E-state index contributed by atoms with van der Waals surface area (Å²) < 4.78 is 1.88. The number of pyridine rings is 1. The van der Waals surface area contributed by atoms with Crippen LogP contribution in [0.3, 0.4) is 0 Å². The van der Waals surface area contributed by atoms with Crippen molar-refractivity contribution in [3.63, 3.8) is 0 Å². The molecular weight excluding hydrogens is 336 g/mol. The Morgan fingerprint density at radius 1 is 1.04 bits per heavy atom. The van der Waals surface area contributed by atoms with Gasteiger partial charge in [0, 0.05) is 17.4 Å². The lowest BCUT2D eigenvalue weighted by atomic mass is 10.0. The SMILES string of the molecule is Cc1cc(C)c(NC(=O)c2cc(C(C)C)nc3c2cnn3C(C)C)c(C)c1. The van der Waals surface area contributed by atoms with Crippen LogP contribution >= 0.6 is 0 Å². The second-order valence-corrected chi connectivity index (χ2v) is 7.90. The second kappa shape index (κ2) is 7.14. The minimum absolute atomic E-state index is 0.123. The fourth-order valence-electron chi connectivity index (χ4n) is 3.46. The van der Waals surface area contributed by atoms with E-state index in [4.69, 9.17) is 4.98 Å². The number of aromatic nitrogens is 3. The first kappa shape index (κ1) is 19.1. The van der Waals surface area contributed by atoms with Crippen LogP contribution in [0, 0.1) is 20.8 Å². The van der Waals surface area contributed by atoms with Gasteiger partial charge in [0.15, 0.2) is 5.65 Å². The standard InChI is InChI=1S/C22H28N4O/c1-12(2)19-10-17(18-11-23-26(13(3)4)21(18)24-19)22(27)25-20-15(6)8-14(5)9-16(20)7/h8-13H,1-7H3,(H,25,27). The number of rotatable bonds is 4. The van der Waals surface area contributed by atoms with E-state index >= 15 is 0 Å². The molecule has 0 saturated heterocycles. The Kier molecular flexibility index (Phi) is 5.05. The van der Waals surface area contributed by atoms with Crippen molar-refractivity contribution in [1.29, 1.82) is 0 Å². The van der Waals surface area contributed by atoms with Gasteiger partial charge in [-0.15, -0.1) is 0 Å². The van der Waals surface area contributed by atoms with Gasteiger partial charge in [0.25, 0.3) is 5.91 Å². The number of carbonyl (C=O) groups excluding carboxylic acids is 1. The Morgan fingerprint density at radius 2 is 1.67 bits per heavy atom. The smallest absolute Gasteiger partial charge is 0.256 e. The number of amides is 1. The summed E-state index contributed by atoms with van der Waals surface area (Å²) in [6, 6.07) is 6.24. The van der Waals surface area contributed by atoms with Crippen LogP contribution in [0.15, 0.2) is 24.4 Å². The molecule has 1 amide bonds. The molecule has 5 heteroatoms. The Hall–Kier alpha value is -2.69. The van der Waals surface area contributed by atoms with Gasteiger partial charge in [-0.05, 0) is 57.7 Å². The molecule has 1 aromatic carbocycles. The van der Waals surface area contributed by atoms with E-state index in [2.05, 4.69) is 57.2 Å². The molecule has 3 aromatic rings. The van der Waals surface area contributed by atoms with E-state index in [1.807, 2.05) is 24.6 Å². The fourth-order valence-corrected chi connectivity index (χ4v) is 3.46. The van der Waals surface area contributed by atoms with Gasteiger partial charge in [0.1, 0.15) is 0 Å². The first-order chi connectivity index (χ1) is 12.7. The van der Waals surface area contributed by atoms with Crippen molar-refractivity contribution in [2.75, 3.05) is 5.32 Å². The number of benzene rings is 1. The number of nitrogens with one attached hydrogen (secondary N) is 1. The van der Waals surface area contributed by atoms with Gasteiger partial charge in [0.2, 0.25) is 0 Å². The fraction of sp³-hybridized carbons (Fsp3) is 0.409. The van der Waals surface area contributed by atoms with E-state index in [-0.39, 0.29) is 17.9 Å². The highest BCUT2D eigenvalue weighted by Crippen LogP contribution is 2.27. The van der Waals surface area contributed by atoms with Crippen molar-refractivity contribution in [2.24, 2.45) is 0 Å². The molecule has 142 valence electrons. The zero-order valence-electron chi connectivity index (χ0n) is 17.2. The molecule has 0 atom stereocenters. The molecule has 2 heterocycles. The van der Waals surface area contributed by atoms with E-state index in [0.717, 1.165) is 33.5 Å². The third kappa shape index (κ3) is 3.59. The molecule has 1 N–H and O–H groups in total. The molecule has 5 nitrogen and oxygen atoms in total. The third-order valence-corrected chi connectivity index (χ3v) is 4.83. The summed E-state index contributed by atoms with van der Waals surface area (Å²) >= 11 is 0. The molecular formula is C22H28N4O. The summed E-state index contributed by atoms with van der Waals surface area (Å²) in [5, 5.41) is 8.37. The number of anilines is 1. The largest absolute Gasteiger partial charge is 0.321 e. The molecule has 0 unspecified atom stereocenters. The van der Waals surface area contributed by atoms with Crippen LogP contribution in [0.2, 0.25) is 0 Å². The van der Waals surface area contributed by atoms with Crippen LogP contribution < -0.4 is 5.32 Å². The second-order valence-electron chi connectivity index (χ2n) is 7.90. The van der Waals surface area contributed by atoms with Crippen molar-refractivity contribution in [3.8, 4) is 0 Å². The van der Waals surface area contributed by atoms with E-state index < -0.39 is 0 Å². The molecule has 0 radical (unpaired) electrons. The molecule has 0 aliphatic rings. The van der Waals surface area contributed by atoms with E-state index in [1.54, 1.807) is 6.20 Å². The maximum absolute atomic E-state index is 13.2. The zero-order valence-corrected chi connectivity index (χ0v) is 17.2. The van der Waals surface area contributed by atoms with Gasteiger partial charge in [-0.25, -0.2) is 9.67 Å². The Morgan fingerprint density at radius 3 is 2.22 bits per heavy atom. The van der Waals surface area contributed by atoms with Crippen molar-refractivity contribution in [3.05, 3.63) is 52.3 Å². The maximum Gasteiger partial charge on any atom is 0.256 e. The maximum atomic E-state index is 13.2. The van der Waals surface area contributed by atoms with Crippen LogP contribution in [-0.2, 0) is 0 Å². The number of carbonyl (C=O) groups is 1. The monoisotopic (exact) mass is 364 g/mol. The first-order valence-electron chi connectivity index (χ1n) is 9.46. The van der Waals surface area contributed by atoms with Crippen LogP contribution in [0.5, 0.6) is 0 Å². The average molecular weight is 364 g/mol. The topological polar surface area (TPSA) is 59.8 Å². The van der Waals surface area contributed by atoms with Crippen LogP contribution in [0.25, 0.3) is 11.0 Å². The lowest BCUT2D eigenvalue weighted by molar-refractivity contribution is 0.102. The molecule has 2 aromatic heterocycles. The lowest BCUT2D eigenvalue weighted by Gasteiger charge is -2.15. The highest BCUT2D eigenvalue weighted by molar-refractivity contribution is 6.12. The van der Waals surface area contributed by atoms with Crippen LogP contribution in [0.4, 0.5) is 5.69 Å². The molecule has 0 aliphatic heterocycles. The summed E-state index contributed by atoms with van der Waals surface area (Å²) in [5.41, 5.74) is 6.47. The number of hydrogen-bond acceptors (Lipinski definition) is 3. The highest BCUT2D eigenvalue weighted by atomic mass is 16.1. The molecule has 0 bridgehead atoms. The highest BCUT2D eigenvalue weighted by Gasteiger charge is 2.20. The van der Waals surface area contributed by atoms with Gasteiger partial charge in [-0.3, -0.25) is 4.79 Å². The summed E-state index contributed by atoms with van der Waals surface area (Å²) in [5.74, 6) is 0.0990. The van der Waals surface area contributed by atoms with Gasteiger partial charge >= 0.3 is 0 Å². The van der Waals surface area contributed by atoms with Gasteiger partial charge < -0.3 is 5.32 Å². The van der Waals surface area contributed by atoms with Crippen molar-refractivity contribution in [2.45, 2.75) is 60.4 Å².